The van der Waals surface area contributed by atoms with Gasteiger partial charge in [-0.05, 0) is 42.3 Å². The summed E-state index contributed by atoms with van der Waals surface area (Å²) in [4.78, 5) is 4.63. The molecule has 0 fully saturated rings. The number of nitrogens with zero attached hydrogens (tertiary/aromatic N) is 1. The number of hydrogen-bond donors (Lipinski definition) is 1. The molecular weight excluding hydrogens is 296 g/mol. The quantitative estimate of drug-likeness (QED) is 0.696. The Morgan fingerprint density at radius 2 is 2.14 bits per heavy atom. The number of fused-ring (bicyclic) bond motifs is 1. The van der Waals surface area contributed by atoms with Crippen LogP contribution in [0.3, 0.4) is 0 Å². The molecule has 1 N–H and O–H groups in total. The van der Waals surface area contributed by atoms with Crippen molar-refractivity contribution >= 4 is 32.8 Å². The largest absolute Gasteiger partial charge is 0.310 e. The summed E-state index contributed by atoms with van der Waals surface area (Å²) in [5, 5.41) is 10.6. The summed E-state index contributed by atoms with van der Waals surface area (Å²) in [5.74, 6) is 0. The summed E-state index contributed by atoms with van der Waals surface area (Å²) >= 11 is 3.60. The van der Waals surface area contributed by atoms with Crippen LogP contribution in [-0.2, 0) is 6.42 Å². The molecule has 0 saturated heterocycles. The first-order valence-corrected chi connectivity index (χ1v) is 9.14. The first-order chi connectivity index (χ1) is 10.3. The van der Waals surface area contributed by atoms with Crippen LogP contribution in [0.25, 0.3) is 10.1 Å². The SMILES string of the molecule is CCCNC(Cc1nc(C)cs1)c1cccc2ccsc12. The Labute approximate surface area is 133 Å². The molecule has 0 bridgehead atoms. The third-order valence-electron chi connectivity index (χ3n) is 3.57. The van der Waals surface area contributed by atoms with Crippen molar-refractivity contribution in [3.8, 4) is 0 Å². The van der Waals surface area contributed by atoms with Gasteiger partial charge in [0.05, 0.1) is 5.01 Å². The van der Waals surface area contributed by atoms with Gasteiger partial charge in [0.25, 0.3) is 0 Å². The molecule has 0 radical (unpaired) electrons. The molecule has 0 amide bonds. The number of rotatable bonds is 6. The Morgan fingerprint density at radius 1 is 1.24 bits per heavy atom. The fourth-order valence-corrected chi connectivity index (χ4v) is 4.36. The predicted molar refractivity (Wildman–Crippen MR) is 93.4 cm³/mol. The van der Waals surface area contributed by atoms with Gasteiger partial charge in [0.2, 0.25) is 0 Å². The molecular formula is C17H20N2S2. The molecule has 110 valence electrons. The van der Waals surface area contributed by atoms with E-state index < -0.39 is 0 Å². The molecule has 0 spiro atoms. The van der Waals surface area contributed by atoms with Crippen LogP contribution in [0, 0.1) is 6.92 Å². The van der Waals surface area contributed by atoms with Gasteiger partial charge in [-0.2, -0.15) is 0 Å². The molecule has 2 nitrogen and oxygen atoms in total. The van der Waals surface area contributed by atoms with Crippen LogP contribution in [0.15, 0.2) is 35.0 Å². The Kier molecular flexibility index (Phi) is 4.68. The third kappa shape index (κ3) is 3.34. The number of nitrogens with one attached hydrogen (secondary N) is 1. The maximum atomic E-state index is 4.63. The van der Waals surface area contributed by atoms with Gasteiger partial charge in [-0.15, -0.1) is 22.7 Å². The summed E-state index contributed by atoms with van der Waals surface area (Å²) in [6, 6.07) is 9.16. The molecule has 21 heavy (non-hydrogen) atoms. The monoisotopic (exact) mass is 316 g/mol. The predicted octanol–water partition coefficient (Wildman–Crippen LogP) is 4.95. The second kappa shape index (κ2) is 6.69. The van der Waals surface area contributed by atoms with E-state index in [0.717, 1.165) is 25.1 Å². The molecule has 2 aromatic heterocycles. The molecule has 0 aliphatic rings. The van der Waals surface area contributed by atoms with Crippen molar-refractivity contribution in [2.75, 3.05) is 6.54 Å². The number of thiazole rings is 1. The zero-order valence-electron chi connectivity index (χ0n) is 12.4. The highest BCUT2D eigenvalue weighted by Gasteiger charge is 2.16. The van der Waals surface area contributed by atoms with Gasteiger partial charge in [-0.3, -0.25) is 0 Å². The van der Waals surface area contributed by atoms with Gasteiger partial charge >= 0.3 is 0 Å². The lowest BCUT2D eigenvalue weighted by atomic mass is 10.0. The van der Waals surface area contributed by atoms with Crippen molar-refractivity contribution in [1.29, 1.82) is 0 Å². The molecule has 0 aliphatic heterocycles. The van der Waals surface area contributed by atoms with E-state index in [1.165, 1.54) is 20.7 Å². The molecule has 3 rings (SSSR count). The van der Waals surface area contributed by atoms with Gasteiger partial charge in [-0.1, -0.05) is 25.1 Å². The van der Waals surface area contributed by atoms with Gasteiger partial charge in [0, 0.05) is 28.2 Å². The Morgan fingerprint density at radius 3 is 2.90 bits per heavy atom. The van der Waals surface area contributed by atoms with E-state index in [0.29, 0.717) is 6.04 Å². The highest BCUT2D eigenvalue weighted by Crippen LogP contribution is 2.31. The average Bonchev–Trinajstić information content (AvgIpc) is 3.11. The minimum atomic E-state index is 0.345. The van der Waals surface area contributed by atoms with Crippen molar-refractivity contribution in [3.63, 3.8) is 0 Å². The first kappa shape index (κ1) is 14.7. The lowest BCUT2D eigenvalue weighted by molar-refractivity contribution is 0.531. The molecule has 4 heteroatoms. The topological polar surface area (TPSA) is 24.9 Å². The van der Waals surface area contributed by atoms with Gasteiger partial charge < -0.3 is 5.32 Å². The average molecular weight is 316 g/mol. The summed E-state index contributed by atoms with van der Waals surface area (Å²) in [6.07, 6.45) is 2.11. The van der Waals surface area contributed by atoms with E-state index in [2.05, 4.69) is 59.2 Å². The zero-order valence-corrected chi connectivity index (χ0v) is 14.1. The standard InChI is InChI=1S/C17H20N2S2/c1-3-8-18-15(10-16-19-12(2)11-21-16)14-6-4-5-13-7-9-20-17(13)14/h4-7,9,11,15,18H,3,8,10H2,1-2H3. The summed E-state index contributed by atoms with van der Waals surface area (Å²) in [6.45, 7) is 5.31. The van der Waals surface area contributed by atoms with E-state index in [9.17, 15) is 0 Å². The van der Waals surface area contributed by atoms with Crippen LogP contribution in [0.4, 0.5) is 0 Å². The number of aromatic nitrogens is 1. The Hall–Kier alpha value is -1.23. The second-order valence-corrected chi connectivity index (χ2v) is 7.14. The van der Waals surface area contributed by atoms with Crippen LogP contribution in [-0.4, -0.2) is 11.5 Å². The molecule has 0 aliphatic carbocycles. The third-order valence-corrected chi connectivity index (χ3v) is 5.54. The number of benzene rings is 1. The van der Waals surface area contributed by atoms with Crippen molar-refractivity contribution in [2.45, 2.75) is 32.7 Å². The van der Waals surface area contributed by atoms with Gasteiger partial charge in [0.15, 0.2) is 0 Å². The lowest BCUT2D eigenvalue weighted by Crippen LogP contribution is -2.24. The van der Waals surface area contributed by atoms with Crippen molar-refractivity contribution in [3.05, 3.63) is 51.3 Å². The number of hydrogen-bond acceptors (Lipinski definition) is 4. The molecule has 1 atom stereocenters. The first-order valence-electron chi connectivity index (χ1n) is 7.38. The lowest BCUT2D eigenvalue weighted by Gasteiger charge is -2.18. The minimum absolute atomic E-state index is 0.345. The molecule has 1 unspecified atom stereocenters. The van der Waals surface area contributed by atoms with E-state index in [-0.39, 0.29) is 0 Å². The summed E-state index contributed by atoms with van der Waals surface area (Å²) in [5.41, 5.74) is 2.53. The molecule has 0 saturated carbocycles. The molecule has 2 heterocycles. The van der Waals surface area contributed by atoms with Crippen LogP contribution in [0.2, 0.25) is 0 Å². The van der Waals surface area contributed by atoms with Crippen LogP contribution in [0.5, 0.6) is 0 Å². The number of aryl methyl sites for hydroxylation is 1. The van der Waals surface area contributed by atoms with E-state index in [4.69, 9.17) is 0 Å². The smallest absolute Gasteiger partial charge is 0.0947 e. The van der Waals surface area contributed by atoms with Crippen molar-refractivity contribution in [2.24, 2.45) is 0 Å². The van der Waals surface area contributed by atoms with E-state index >= 15 is 0 Å². The zero-order chi connectivity index (χ0) is 14.7. The Balaban J connectivity index is 1.92. The van der Waals surface area contributed by atoms with Gasteiger partial charge in [0.1, 0.15) is 0 Å². The summed E-state index contributed by atoms with van der Waals surface area (Å²) in [7, 11) is 0. The fraction of sp³-hybridized carbons (Fsp3) is 0.353. The van der Waals surface area contributed by atoms with E-state index in [1.807, 2.05) is 11.3 Å². The minimum Gasteiger partial charge on any atom is -0.310 e. The Bertz CT molecular complexity index is 714. The van der Waals surface area contributed by atoms with Crippen LogP contribution >= 0.6 is 22.7 Å². The van der Waals surface area contributed by atoms with Crippen LogP contribution < -0.4 is 5.32 Å². The molecule has 1 aromatic carbocycles. The number of thiophene rings is 1. The highest BCUT2D eigenvalue weighted by molar-refractivity contribution is 7.17. The van der Waals surface area contributed by atoms with Crippen molar-refractivity contribution < 1.29 is 0 Å². The van der Waals surface area contributed by atoms with Crippen LogP contribution in [0.1, 0.15) is 35.7 Å². The summed E-state index contributed by atoms with van der Waals surface area (Å²) < 4.78 is 1.40. The van der Waals surface area contributed by atoms with Crippen molar-refractivity contribution in [1.82, 2.24) is 10.3 Å². The normalized spacial score (nSPS) is 12.9. The molecule has 3 aromatic rings. The fourth-order valence-electron chi connectivity index (χ4n) is 2.57. The highest BCUT2D eigenvalue weighted by atomic mass is 32.1. The van der Waals surface area contributed by atoms with Gasteiger partial charge in [-0.25, -0.2) is 4.98 Å². The van der Waals surface area contributed by atoms with E-state index in [1.54, 1.807) is 11.3 Å². The maximum Gasteiger partial charge on any atom is 0.0947 e. The second-order valence-electron chi connectivity index (χ2n) is 5.28. The maximum absolute atomic E-state index is 4.63.